The summed E-state index contributed by atoms with van der Waals surface area (Å²) >= 11 is 5.54. The minimum atomic E-state index is -0.509. The Bertz CT molecular complexity index is 315. The lowest BCUT2D eigenvalue weighted by molar-refractivity contribution is 0.0370. The molecule has 70 valence electrons. The van der Waals surface area contributed by atoms with Crippen LogP contribution in [0.4, 0.5) is 0 Å². The average Bonchev–Trinajstić information content (AvgIpc) is 2.03. The third kappa shape index (κ3) is 2.99. The first-order valence-electron chi connectivity index (χ1n) is 3.78. The third-order valence-electron chi connectivity index (χ3n) is 1.16. The molecule has 0 aliphatic heterocycles. The zero-order valence-electron chi connectivity index (χ0n) is 7.32. The van der Waals surface area contributed by atoms with Crippen LogP contribution in [0, 0.1) is 0 Å². The summed E-state index contributed by atoms with van der Waals surface area (Å²) < 4.78 is 4.89. The minimum Gasteiger partial charge on any atom is -0.458 e. The molecular formula is C8H9ClN2O2. The van der Waals surface area contributed by atoms with Crippen LogP contribution >= 0.6 is 11.6 Å². The maximum absolute atomic E-state index is 11.2. The lowest BCUT2D eigenvalue weighted by atomic mass is 10.4. The van der Waals surface area contributed by atoms with Crippen LogP contribution in [0.5, 0.6) is 0 Å². The zero-order chi connectivity index (χ0) is 9.84. The van der Waals surface area contributed by atoms with Gasteiger partial charge in [-0.1, -0.05) is 11.6 Å². The second-order valence-electron chi connectivity index (χ2n) is 2.68. The Morgan fingerprint density at radius 2 is 2.23 bits per heavy atom. The highest BCUT2D eigenvalue weighted by Crippen LogP contribution is 2.04. The zero-order valence-corrected chi connectivity index (χ0v) is 8.08. The molecular weight excluding hydrogens is 192 g/mol. The number of ether oxygens (including phenoxy) is 1. The van der Waals surface area contributed by atoms with Crippen molar-refractivity contribution < 1.29 is 9.53 Å². The fraction of sp³-hybridized carbons (Fsp3) is 0.375. The molecule has 0 radical (unpaired) electrons. The molecule has 0 amide bonds. The molecule has 0 aromatic carbocycles. The normalized spacial score (nSPS) is 10.2. The first-order valence-corrected chi connectivity index (χ1v) is 4.16. The van der Waals surface area contributed by atoms with Crippen molar-refractivity contribution in [3.63, 3.8) is 0 Å². The monoisotopic (exact) mass is 200 g/mol. The fourth-order valence-electron chi connectivity index (χ4n) is 0.715. The summed E-state index contributed by atoms with van der Waals surface area (Å²) in [5.74, 6) is -0.509. The molecule has 4 nitrogen and oxygen atoms in total. The van der Waals surface area contributed by atoms with E-state index < -0.39 is 5.97 Å². The van der Waals surface area contributed by atoms with E-state index in [0.717, 1.165) is 0 Å². The second kappa shape index (κ2) is 4.18. The van der Waals surface area contributed by atoms with Crippen molar-refractivity contribution in [2.24, 2.45) is 0 Å². The van der Waals surface area contributed by atoms with Crippen LogP contribution in [-0.4, -0.2) is 22.0 Å². The molecule has 1 aromatic heterocycles. The number of aromatic nitrogens is 2. The average molecular weight is 201 g/mol. The molecule has 0 unspecified atom stereocenters. The number of hydrogen-bond donors (Lipinski definition) is 0. The summed E-state index contributed by atoms with van der Waals surface area (Å²) in [7, 11) is 0. The van der Waals surface area contributed by atoms with E-state index in [9.17, 15) is 4.79 Å². The minimum absolute atomic E-state index is 0.126. The smallest absolute Gasteiger partial charge is 0.358 e. The number of esters is 1. The maximum Gasteiger partial charge on any atom is 0.358 e. The second-order valence-corrected chi connectivity index (χ2v) is 3.07. The van der Waals surface area contributed by atoms with Crippen molar-refractivity contribution in [2.75, 3.05) is 0 Å². The Morgan fingerprint density at radius 3 is 2.77 bits per heavy atom. The van der Waals surface area contributed by atoms with Gasteiger partial charge < -0.3 is 4.74 Å². The molecule has 0 fully saturated rings. The summed E-state index contributed by atoms with van der Waals surface area (Å²) in [5, 5.41) is 0.179. The summed E-state index contributed by atoms with van der Waals surface area (Å²) in [4.78, 5) is 18.7. The van der Waals surface area contributed by atoms with Gasteiger partial charge in [0.25, 0.3) is 0 Å². The van der Waals surface area contributed by atoms with Crippen LogP contribution in [0.2, 0.25) is 5.15 Å². The topological polar surface area (TPSA) is 52.1 Å². The molecule has 0 atom stereocenters. The Kier molecular flexibility index (Phi) is 3.19. The predicted molar refractivity (Wildman–Crippen MR) is 47.6 cm³/mol. The maximum atomic E-state index is 11.2. The Hall–Kier alpha value is -1.16. The highest BCUT2D eigenvalue weighted by molar-refractivity contribution is 6.29. The number of nitrogens with zero attached hydrogens (tertiary/aromatic N) is 2. The van der Waals surface area contributed by atoms with Gasteiger partial charge in [0.15, 0.2) is 5.69 Å². The molecule has 0 aliphatic carbocycles. The SMILES string of the molecule is CC(C)OC(=O)c1cncc(Cl)n1. The standard InChI is InChI=1S/C8H9ClN2O2/c1-5(2)13-8(12)6-3-10-4-7(9)11-6/h3-5H,1-2H3. The van der Waals surface area contributed by atoms with E-state index in [1.54, 1.807) is 13.8 Å². The number of carbonyl (C=O) groups is 1. The van der Waals surface area contributed by atoms with Gasteiger partial charge in [-0.05, 0) is 13.8 Å². The summed E-state index contributed by atoms with van der Waals surface area (Å²) in [6, 6.07) is 0. The Labute approximate surface area is 80.9 Å². The molecule has 1 aromatic rings. The quantitative estimate of drug-likeness (QED) is 0.682. The van der Waals surface area contributed by atoms with Gasteiger partial charge in [-0.3, -0.25) is 4.98 Å². The van der Waals surface area contributed by atoms with E-state index in [0.29, 0.717) is 0 Å². The van der Waals surface area contributed by atoms with Gasteiger partial charge in [0, 0.05) is 0 Å². The molecule has 13 heavy (non-hydrogen) atoms. The van der Waals surface area contributed by atoms with Crippen LogP contribution in [-0.2, 0) is 4.74 Å². The van der Waals surface area contributed by atoms with Gasteiger partial charge >= 0.3 is 5.97 Å². The molecule has 1 heterocycles. The Morgan fingerprint density at radius 1 is 1.54 bits per heavy atom. The van der Waals surface area contributed by atoms with Crippen molar-refractivity contribution >= 4 is 17.6 Å². The largest absolute Gasteiger partial charge is 0.458 e. The number of rotatable bonds is 2. The molecule has 0 bridgehead atoms. The molecule has 0 saturated carbocycles. The van der Waals surface area contributed by atoms with Crippen LogP contribution in [0.25, 0.3) is 0 Å². The highest BCUT2D eigenvalue weighted by atomic mass is 35.5. The summed E-state index contributed by atoms with van der Waals surface area (Å²) in [5.41, 5.74) is 0.126. The molecule has 0 spiro atoms. The fourth-order valence-corrected chi connectivity index (χ4v) is 0.862. The first-order chi connectivity index (χ1) is 6.09. The van der Waals surface area contributed by atoms with Gasteiger partial charge in [0.2, 0.25) is 0 Å². The molecule has 1 rings (SSSR count). The van der Waals surface area contributed by atoms with Gasteiger partial charge in [-0.2, -0.15) is 0 Å². The molecule has 0 saturated heterocycles. The van der Waals surface area contributed by atoms with E-state index in [1.165, 1.54) is 12.4 Å². The van der Waals surface area contributed by atoms with Crippen molar-refractivity contribution in [1.29, 1.82) is 0 Å². The van der Waals surface area contributed by atoms with Gasteiger partial charge in [-0.15, -0.1) is 0 Å². The summed E-state index contributed by atoms with van der Waals surface area (Å²) in [6.07, 6.45) is 2.50. The first kappa shape index (κ1) is 9.92. The lowest BCUT2D eigenvalue weighted by Crippen LogP contribution is -2.13. The van der Waals surface area contributed by atoms with Crippen molar-refractivity contribution in [3.05, 3.63) is 23.2 Å². The van der Waals surface area contributed by atoms with Gasteiger partial charge in [-0.25, -0.2) is 9.78 Å². The van der Waals surface area contributed by atoms with Crippen molar-refractivity contribution in [1.82, 2.24) is 9.97 Å². The van der Waals surface area contributed by atoms with Gasteiger partial charge in [0.1, 0.15) is 5.15 Å². The van der Waals surface area contributed by atoms with Crippen molar-refractivity contribution in [3.8, 4) is 0 Å². The summed E-state index contributed by atoms with van der Waals surface area (Å²) in [6.45, 7) is 3.52. The van der Waals surface area contributed by atoms with Crippen LogP contribution < -0.4 is 0 Å². The third-order valence-corrected chi connectivity index (χ3v) is 1.34. The molecule has 5 heteroatoms. The predicted octanol–water partition coefficient (Wildman–Crippen LogP) is 1.70. The van der Waals surface area contributed by atoms with E-state index in [4.69, 9.17) is 16.3 Å². The van der Waals surface area contributed by atoms with E-state index in [1.807, 2.05) is 0 Å². The van der Waals surface area contributed by atoms with Gasteiger partial charge in [0.05, 0.1) is 18.5 Å². The number of halogens is 1. The number of hydrogen-bond acceptors (Lipinski definition) is 4. The van der Waals surface area contributed by atoms with Crippen molar-refractivity contribution in [2.45, 2.75) is 20.0 Å². The lowest BCUT2D eigenvalue weighted by Gasteiger charge is -2.06. The Balaban J connectivity index is 2.77. The van der Waals surface area contributed by atoms with Crippen LogP contribution in [0.1, 0.15) is 24.3 Å². The molecule has 0 N–H and O–H groups in total. The highest BCUT2D eigenvalue weighted by Gasteiger charge is 2.11. The van der Waals surface area contributed by atoms with E-state index in [2.05, 4.69) is 9.97 Å². The van der Waals surface area contributed by atoms with Crippen LogP contribution in [0.3, 0.4) is 0 Å². The van der Waals surface area contributed by atoms with E-state index >= 15 is 0 Å². The number of carbonyl (C=O) groups excluding carboxylic acids is 1. The molecule has 0 aliphatic rings. The van der Waals surface area contributed by atoms with E-state index in [-0.39, 0.29) is 17.0 Å². The van der Waals surface area contributed by atoms with Crippen LogP contribution in [0.15, 0.2) is 12.4 Å².